The summed E-state index contributed by atoms with van der Waals surface area (Å²) < 4.78 is 3.32. The predicted molar refractivity (Wildman–Crippen MR) is 97.4 cm³/mol. The molecule has 0 saturated carbocycles. The van der Waals surface area contributed by atoms with Crippen LogP contribution in [0.25, 0.3) is 5.69 Å². The van der Waals surface area contributed by atoms with Crippen molar-refractivity contribution in [3.05, 3.63) is 78.1 Å². The van der Waals surface area contributed by atoms with Crippen molar-refractivity contribution >= 4 is 11.6 Å². The average Bonchev–Trinajstić information content (AvgIpc) is 3.35. The van der Waals surface area contributed by atoms with E-state index in [1.54, 1.807) is 40.8 Å². The molecule has 134 valence electrons. The molecular weight excluding hydrogens is 344 g/mol. The first kappa shape index (κ1) is 16.6. The second kappa shape index (κ2) is 7.16. The van der Waals surface area contributed by atoms with Crippen LogP contribution in [0, 0.1) is 6.92 Å². The number of rotatable bonds is 5. The Hall–Kier alpha value is -3.88. The lowest BCUT2D eigenvalue weighted by atomic mass is 10.1. The maximum Gasteiger partial charge on any atom is 0.255 e. The minimum atomic E-state index is -0.202. The third kappa shape index (κ3) is 3.71. The molecule has 9 nitrogen and oxygen atoms in total. The van der Waals surface area contributed by atoms with Crippen LogP contribution in [0.5, 0.6) is 0 Å². The summed E-state index contributed by atoms with van der Waals surface area (Å²) in [6.45, 7) is 2.43. The average molecular weight is 360 g/mol. The van der Waals surface area contributed by atoms with Crippen LogP contribution in [0.3, 0.4) is 0 Å². The highest BCUT2D eigenvalue weighted by molar-refractivity contribution is 6.04. The fourth-order valence-corrected chi connectivity index (χ4v) is 2.65. The van der Waals surface area contributed by atoms with Gasteiger partial charge in [0.05, 0.1) is 12.2 Å². The van der Waals surface area contributed by atoms with Crippen LogP contribution < -0.4 is 5.32 Å². The summed E-state index contributed by atoms with van der Waals surface area (Å²) >= 11 is 0. The first-order valence-corrected chi connectivity index (χ1v) is 8.27. The second-order valence-corrected chi connectivity index (χ2v) is 5.93. The summed E-state index contributed by atoms with van der Waals surface area (Å²) in [6, 6.07) is 14.7. The van der Waals surface area contributed by atoms with Gasteiger partial charge in [0.25, 0.3) is 5.91 Å². The van der Waals surface area contributed by atoms with Gasteiger partial charge in [-0.1, -0.05) is 18.2 Å². The lowest BCUT2D eigenvalue weighted by molar-refractivity contribution is 0.102. The van der Waals surface area contributed by atoms with E-state index in [1.807, 2.05) is 30.3 Å². The van der Waals surface area contributed by atoms with E-state index < -0.39 is 0 Å². The molecule has 0 radical (unpaired) electrons. The van der Waals surface area contributed by atoms with Gasteiger partial charge in [0.15, 0.2) is 5.82 Å². The number of carbonyl (C=O) groups excluding carboxylic acids is 1. The number of anilines is 1. The van der Waals surface area contributed by atoms with Crippen molar-refractivity contribution in [2.75, 3.05) is 5.32 Å². The van der Waals surface area contributed by atoms with Crippen LogP contribution in [0.4, 0.5) is 5.69 Å². The zero-order valence-electron chi connectivity index (χ0n) is 14.5. The Kier molecular flexibility index (Phi) is 4.40. The summed E-state index contributed by atoms with van der Waals surface area (Å²) in [5.74, 6) is 0.446. The summed E-state index contributed by atoms with van der Waals surface area (Å²) in [5, 5.41) is 18.4. The summed E-state index contributed by atoms with van der Waals surface area (Å²) in [4.78, 5) is 16.5. The Bertz CT molecular complexity index is 1050. The third-order valence-electron chi connectivity index (χ3n) is 4.00. The van der Waals surface area contributed by atoms with Crippen molar-refractivity contribution < 1.29 is 4.79 Å². The first-order valence-electron chi connectivity index (χ1n) is 8.27. The van der Waals surface area contributed by atoms with Gasteiger partial charge in [-0.25, -0.2) is 9.67 Å². The van der Waals surface area contributed by atoms with E-state index in [2.05, 4.69) is 30.9 Å². The number of tetrazole rings is 1. The molecule has 9 heteroatoms. The smallest absolute Gasteiger partial charge is 0.255 e. The number of hydrogen-bond acceptors (Lipinski definition) is 6. The van der Waals surface area contributed by atoms with Gasteiger partial charge in [0.2, 0.25) is 0 Å². The molecule has 0 unspecified atom stereocenters. The Morgan fingerprint density at radius 1 is 1.15 bits per heavy atom. The maximum atomic E-state index is 12.6. The molecule has 0 atom stereocenters. The summed E-state index contributed by atoms with van der Waals surface area (Å²) in [7, 11) is 0. The van der Waals surface area contributed by atoms with E-state index in [0.717, 1.165) is 11.3 Å². The topological polar surface area (TPSA) is 103 Å². The van der Waals surface area contributed by atoms with Crippen LogP contribution in [-0.4, -0.2) is 40.9 Å². The standard InChI is InChI=1S/C18H16N8O/c1-13-22-23-24-26(13)17-4-2-3-15(9-17)18(27)21-16-7-5-14(6-8-16)10-25-12-19-11-20-25/h2-9,11-12H,10H2,1H3,(H,21,27). The van der Waals surface area contributed by atoms with Gasteiger partial charge in [-0.15, -0.1) is 5.10 Å². The maximum absolute atomic E-state index is 12.6. The summed E-state index contributed by atoms with van der Waals surface area (Å²) in [6.07, 6.45) is 3.16. The molecule has 0 aliphatic rings. The molecule has 0 saturated heterocycles. The van der Waals surface area contributed by atoms with E-state index in [1.165, 1.54) is 6.33 Å². The minimum absolute atomic E-state index is 0.202. The molecular formula is C18H16N8O. The van der Waals surface area contributed by atoms with Crippen LogP contribution in [-0.2, 0) is 6.54 Å². The zero-order valence-corrected chi connectivity index (χ0v) is 14.5. The van der Waals surface area contributed by atoms with Crippen LogP contribution in [0.2, 0.25) is 0 Å². The number of benzene rings is 2. The Balaban J connectivity index is 1.47. The lowest BCUT2D eigenvalue weighted by Crippen LogP contribution is -2.12. The van der Waals surface area contributed by atoms with Crippen molar-refractivity contribution in [3.63, 3.8) is 0 Å². The quantitative estimate of drug-likeness (QED) is 0.583. The van der Waals surface area contributed by atoms with E-state index in [9.17, 15) is 4.79 Å². The molecule has 4 rings (SSSR count). The van der Waals surface area contributed by atoms with E-state index in [4.69, 9.17) is 0 Å². The molecule has 0 fully saturated rings. The monoisotopic (exact) mass is 360 g/mol. The predicted octanol–water partition coefficient (Wildman–Crippen LogP) is 1.86. The SMILES string of the molecule is Cc1nnnn1-c1cccc(C(=O)Nc2ccc(Cn3cncn3)cc2)c1. The van der Waals surface area contributed by atoms with Gasteiger partial charge >= 0.3 is 0 Å². The molecule has 0 aliphatic heterocycles. The number of nitrogens with one attached hydrogen (secondary N) is 1. The summed E-state index contributed by atoms with van der Waals surface area (Å²) in [5.41, 5.74) is 3.03. The van der Waals surface area contributed by atoms with Crippen LogP contribution >= 0.6 is 0 Å². The number of nitrogens with zero attached hydrogens (tertiary/aromatic N) is 7. The number of amides is 1. The lowest BCUT2D eigenvalue weighted by Gasteiger charge is -2.08. The highest BCUT2D eigenvalue weighted by Crippen LogP contribution is 2.15. The largest absolute Gasteiger partial charge is 0.322 e. The van der Waals surface area contributed by atoms with Gasteiger partial charge in [0.1, 0.15) is 12.7 Å². The Morgan fingerprint density at radius 2 is 2.00 bits per heavy atom. The van der Waals surface area contributed by atoms with E-state index in [-0.39, 0.29) is 5.91 Å². The molecule has 0 spiro atoms. The van der Waals surface area contributed by atoms with E-state index >= 15 is 0 Å². The van der Waals surface area contributed by atoms with E-state index in [0.29, 0.717) is 23.6 Å². The number of carbonyl (C=O) groups is 1. The molecule has 1 amide bonds. The number of aryl methyl sites for hydroxylation is 1. The third-order valence-corrected chi connectivity index (χ3v) is 4.00. The molecule has 0 aliphatic carbocycles. The van der Waals surface area contributed by atoms with Crippen molar-refractivity contribution in [3.8, 4) is 5.69 Å². The van der Waals surface area contributed by atoms with Crippen LogP contribution in [0.1, 0.15) is 21.7 Å². The number of hydrogen-bond donors (Lipinski definition) is 1. The molecule has 2 aromatic carbocycles. The van der Waals surface area contributed by atoms with Crippen LogP contribution in [0.15, 0.2) is 61.2 Å². The normalized spacial score (nSPS) is 10.7. The van der Waals surface area contributed by atoms with Gasteiger partial charge in [-0.2, -0.15) is 9.78 Å². The molecule has 2 aromatic heterocycles. The Labute approximate surface area is 154 Å². The van der Waals surface area contributed by atoms with Crippen molar-refractivity contribution in [1.29, 1.82) is 0 Å². The van der Waals surface area contributed by atoms with Crippen molar-refractivity contribution in [2.24, 2.45) is 0 Å². The molecule has 2 heterocycles. The van der Waals surface area contributed by atoms with Crippen molar-refractivity contribution in [2.45, 2.75) is 13.5 Å². The minimum Gasteiger partial charge on any atom is -0.322 e. The molecule has 0 bridgehead atoms. The Morgan fingerprint density at radius 3 is 2.70 bits per heavy atom. The van der Waals surface area contributed by atoms with Gasteiger partial charge in [0, 0.05) is 11.3 Å². The fourth-order valence-electron chi connectivity index (χ4n) is 2.65. The molecule has 4 aromatic rings. The highest BCUT2D eigenvalue weighted by atomic mass is 16.1. The molecule has 1 N–H and O–H groups in total. The van der Waals surface area contributed by atoms with Crippen molar-refractivity contribution in [1.82, 2.24) is 35.0 Å². The zero-order chi connectivity index (χ0) is 18.6. The van der Waals surface area contributed by atoms with Gasteiger partial charge < -0.3 is 5.32 Å². The first-order chi connectivity index (χ1) is 13.2. The fraction of sp³-hybridized carbons (Fsp3) is 0.111. The number of aromatic nitrogens is 7. The van der Waals surface area contributed by atoms with Gasteiger partial charge in [-0.05, 0) is 53.2 Å². The molecule has 27 heavy (non-hydrogen) atoms. The highest BCUT2D eigenvalue weighted by Gasteiger charge is 2.10. The second-order valence-electron chi connectivity index (χ2n) is 5.93. The van der Waals surface area contributed by atoms with Gasteiger partial charge in [-0.3, -0.25) is 4.79 Å².